The van der Waals surface area contributed by atoms with Crippen LogP contribution in [-0.4, -0.2) is 46.3 Å². The molecule has 8 nitrogen and oxygen atoms in total. The maximum absolute atomic E-state index is 12.6. The number of fused-ring (bicyclic) bond motifs is 1. The first-order valence-corrected chi connectivity index (χ1v) is 8.27. The molecule has 1 aliphatic heterocycles. The highest BCUT2D eigenvalue weighted by atomic mass is 16.4. The molecule has 0 saturated carbocycles. The minimum atomic E-state index is -0.655. The van der Waals surface area contributed by atoms with E-state index >= 15 is 0 Å². The van der Waals surface area contributed by atoms with Gasteiger partial charge in [0.25, 0.3) is 5.91 Å². The van der Waals surface area contributed by atoms with Crippen LogP contribution in [-0.2, 0) is 17.6 Å². The van der Waals surface area contributed by atoms with Crippen LogP contribution in [0.4, 0.5) is 0 Å². The molecule has 0 radical (unpaired) electrons. The van der Waals surface area contributed by atoms with Gasteiger partial charge in [-0.15, -0.1) is 0 Å². The van der Waals surface area contributed by atoms with Gasteiger partial charge < -0.3 is 14.6 Å². The van der Waals surface area contributed by atoms with E-state index in [-0.39, 0.29) is 29.3 Å². The molecular formula is C17H18N4O4. The van der Waals surface area contributed by atoms with E-state index in [1.807, 2.05) is 17.0 Å². The van der Waals surface area contributed by atoms with E-state index in [1.54, 1.807) is 6.20 Å². The third-order valence-corrected chi connectivity index (χ3v) is 4.83. The van der Waals surface area contributed by atoms with Crippen molar-refractivity contribution in [2.45, 2.75) is 12.8 Å². The highest BCUT2D eigenvalue weighted by Crippen LogP contribution is 2.28. The molecule has 2 aliphatic rings. The Morgan fingerprint density at radius 1 is 1.36 bits per heavy atom. The van der Waals surface area contributed by atoms with Gasteiger partial charge in [-0.3, -0.25) is 19.6 Å². The molecule has 3 heterocycles. The molecule has 0 aromatic carbocycles. The topological polar surface area (TPSA) is 108 Å². The lowest BCUT2D eigenvalue weighted by Gasteiger charge is -2.40. The minimum Gasteiger partial charge on any atom is -0.416 e. The summed E-state index contributed by atoms with van der Waals surface area (Å²) in [6.07, 6.45) is 4.33. The quantitative estimate of drug-likeness (QED) is 0.811. The average Bonchev–Trinajstić information content (AvgIpc) is 3.18. The highest BCUT2D eigenvalue weighted by molar-refractivity contribution is 5.91. The van der Waals surface area contributed by atoms with Gasteiger partial charge in [-0.25, -0.2) is 4.79 Å². The van der Waals surface area contributed by atoms with E-state index in [2.05, 4.69) is 19.7 Å². The minimum absolute atomic E-state index is 0.0172. The number of nitrogens with one attached hydrogen (secondary N) is 2. The SMILES string of the molecule is O=C(NCC1CN(C(=O)C2Cc3cccnc3C2)C1)c1coc(=O)[nH]1. The fraction of sp³-hybridized carbons (Fsp3) is 0.412. The molecule has 8 heteroatoms. The molecule has 2 N–H and O–H groups in total. The average molecular weight is 342 g/mol. The summed E-state index contributed by atoms with van der Waals surface area (Å²) in [6, 6.07) is 3.94. The van der Waals surface area contributed by atoms with Crippen molar-refractivity contribution in [2.24, 2.45) is 11.8 Å². The third kappa shape index (κ3) is 3.07. The number of aromatic amines is 1. The third-order valence-electron chi connectivity index (χ3n) is 4.83. The van der Waals surface area contributed by atoms with E-state index in [0.717, 1.165) is 18.4 Å². The van der Waals surface area contributed by atoms with Gasteiger partial charge in [0.05, 0.1) is 0 Å². The Balaban J connectivity index is 1.23. The second-order valence-electron chi connectivity index (χ2n) is 6.60. The van der Waals surface area contributed by atoms with Gasteiger partial charge in [0.1, 0.15) is 12.0 Å². The Morgan fingerprint density at radius 2 is 2.20 bits per heavy atom. The van der Waals surface area contributed by atoms with Gasteiger partial charge in [0.2, 0.25) is 5.91 Å². The molecule has 25 heavy (non-hydrogen) atoms. The largest absolute Gasteiger partial charge is 0.416 e. The fourth-order valence-corrected chi connectivity index (χ4v) is 3.45. The number of hydrogen-bond acceptors (Lipinski definition) is 5. The standard InChI is InChI=1S/C17H18N4O4/c22-15(14-9-25-17(24)20-14)19-6-10-7-21(8-10)16(23)12-4-11-2-1-3-18-13(11)5-12/h1-3,9-10,12H,4-8H2,(H,19,22)(H,20,24). The Hall–Kier alpha value is -2.90. The molecule has 1 fully saturated rings. The number of aromatic nitrogens is 2. The van der Waals surface area contributed by atoms with Gasteiger partial charge in [-0.1, -0.05) is 6.07 Å². The maximum atomic E-state index is 12.6. The van der Waals surface area contributed by atoms with Crippen molar-refractivity contribution in [3.63, 3.8) is 0 Å². The van der Waals surface area contributed by atoms with Gasteiger partial charge >= 0.3 is 5.76 Å². The first-order valence-electron chi connectivity index (χ1n) is 8.27. The van der Waals surface area contributed by atoms with E-state index < -0.39 is 5.76 Å². The zero-order chi connectivity index (χ0) is 17.4. The van der Waals surface area contributed by atoms with Crippen LogP contribution in [0, 0.1) is 11.8 Å². The number of rotatable bonds is 4. The summed E-state index contributed by atoms with van der Waals surface area (Å²) in [5.41, 5.74) is 2.30. The molecular weight excluding hydrogens is 324 g/mol. The number of H-pyrrole nitrogens is 1. The molecule has 2 amide bonds. The van der Waals surface area contributed by atoms with Crippen molar-refractivity contribution in [3.05, 3.63) is 52.1 Å². The molecule has 0 spiro atoms. The van der Waals surface area contributed by atoms with Crippen LogP contribution in [0.15, 0.2) is 33.8 Å². The lowest BCUT2D eigenvalue weighted by molar-refractivity contribution is -0.141. The number of nitrogens with zero attached hydrogens (tertiary/aromatic N) is 2. The summed E-state index contributed by atoms with van der Waals surface area (Å²) in [5.74, 6) is -0.657. The Morgan fingerprint density at radius 3 is 2.92 bits per heavy atom. The Bertz CT molecular complexity index is 840. The summed E-state index contributed by atoms with van der Waals surface area (Å²) in [5, 5.41) is 2.74. The zero-order valence-electron chi connectivity index (χ0n) is 13.5. The normalized spacial score (nSPS) is 19.4. The molecule has 1 atom stereocenters. The first-order chi connectivity index (χ1) is 12.1. The monoisotopic (exact) mass is 342 g/mol. The number of hydrogen-bond donors (Lipinski definition) is 2. The van der Waals surface area contributed by atoms with E-state index in [4.69, 9.17) is 0 Å². The second-order valence-corrected chi connectivity index (χ2v) is 6.60. The van der Waals surface area contributed by atoms with Crippen LogP contribution >= 0.6 is 0 Å². The molecule has 1 unspecified atom stereocenters. The van der Waals surface area contributed by atoms with Crippen LogP contribution in [0.25, 0.3) is 0 Å². The van der Waals surface area contributed by atoms with Crippen LogP contribution in [0.2, 0.25) is 0 Å². The number of carbonyl (C=O) groups excluding carboxylic acids is 2. The number of pyridine rings is 1. The summed E-state index contributed by atoms with van der Waals surface area (Å²) in [4.78, 5) is 43.7. The molecule has 2 aromatic heterocycles. The summed E-state index contributed by atoms with van der Waals surface area (Å²) < 4.78 is 4.53. The number of likely N-dealkylation sites (tertiary alicyclic amines) is 1. The molecule has 1 aliphatic carbocycles. The van der Waals surface area contributed by atoms with Crippen molar-refractivity contribution < 1.29 is 14.0 Å². The zero-order valence-corrected chi connectivity index (χ0v) is 13.5. The summed E-state index contributed by atoms with van der Waals surface area (Å²) >= 11 is 0. The Labute approximate surface area is 143 Å². The predicted molar refractivity (Wildman–Crippen MR) is 86.9 cm³/mol. The first kappa shape index (κ1) is 15.6. The predicted octanol–water partition coefficient (Wildman–Crippen LogP) is -0.0339. The van der Waals surface area contributed by atoms with Crippen molar-refractivity contribution in [2.75, 3.05) is 19.6 Å². The maximum Gasteiger partial charge on any atom is 0.416 e. The van der Waals surface area contributed by atoms with E-state index in [1.165, 1.54) is 5.56 Å². The van der Waals surface area contributed by atoms with E-state index in [0.29, 0.717) is 26.1 Å². The highest BCUT2D eigenvalue weighted by Gasteiger charge is 2.37. The summed E-state index contributed by atoms with van der Waals surface area (Å²) in [6.45, 7) is 1.74. The lowest BCUT2D eigenvalue weighted by Crippen LogP contribution is -2.55. The van der Waals surface area contributed by atoms with Crippen molar-refractivity contribution >= 4 is 11.8 Å². The van der Waals surface area contributed by atoms with Crippen LogP contribution in [0.1, 0.15) is 21.7 Å². The van der Waals surface area contributed by atoms with Gasteiger partial charge in [-0.05, 0) is 18.1 Å². The Kier molecular flexibility index (Phi) is 3.87. The molecule has 2 aromatic rings. The number of oxazole rings is 1. The van der Waals surface area contributed by atoms with Crippen LogP contribution < -0.4 is 11.1 Å². The molecule has 0 bridgehead atoms. The fourth-order valence-electron chi connectivity index (χ4n) is 3.45. The second kappa shape index (κ2) is 6.19. The van der Waals surface area contributed by atoms with Crippen molar-refractivity contribution in [3.8, 4) is 0 Å². The lowest BCUT2D eigenvalue weighted by atomic mass is 9.96. The summed E-state index contributed by atoms with van der Waals surface area (Å²) in [7, 11) is 0. The number of amides is 2. The van der Waals surface area contributed by atoms with E-state index in [9.17, 15) is 14.4 Å². The van der Waals surface area contributed by atoms with Gasteiger partial charge in [0, 0.05) is 49.8 Å². The molecule has 1 saturated heterocycles. The van der Waals surface area contributed by atoms with Crippen LogP contribution in [0.5, 0.6) is 0 Å². The number of carbonyl (C=O) groups is 2. The molecule has 130 valence electrons. The molecule has 4 rings (SSSR count). The van der Waals surface area contributed by atoms with Crippen molar-refractivity contribution in [1.29, 1.82) is 0 Å². The smallest absolute Gasteiger partial charge is 0.416 e. The van der Waals surface area contributed by atoms with Crippen LogP contribution in [0.3, 0.4) is 0 Å². The van der Waals surface area contributed by atoms with Crippen molar-refractivity contribution in [1.82, 2.24) is 20.2 Å². The van der Waals surface area contributed by atoms with Gasteiger partial charge in [0.15, 0.2) is 0 Å². The van der Waals surface area contributed by atoms with Gasteiger partial charge in [-0.2, -0.15) is 0 Å².